The van der Waals surface area contributed by atoms with E-state index < -0.39 is 5.97 Å². The first-order valence-electron chi connectivity index (χ1n) is 5.09. The van der Waals surface area contributed by atoms with Crippen LogP contribution in [0.25, 0.3) is 0 Å². The van der Waals surface area contributed by atoms with E-state index in [2.05, 4.69) is 16.4 Å². The van der Waals surface area contributed by atoms with Crippen molar-refractivity contribution in [3.05, 3.63) is 46.4 Å². The molecule has 0 saturated heterocycles. The minimum atomic E-state index is -1.03. The van der Waals surface area contributed by atoms with E-state index in [9.17, 15) is 4.79 Å². The first-order valence-corrected chi connectivity index (χ1v) is 6.03. The number of ether oxygens (including phenoxy) is 1. The Morgan fingerprint density at radius 1 is 1.41 bits per heavy atom. The fraction of sp³-hybridized carbons (Fsp3) is 0.167. The molecule has 0 fully saturated rings. The van der Waals surface area contributed by atoms with Gasteiger partial charge in [0.05, 0.1) is 12.8 Å². The molecule has 0 bridgehead atoms. The number of carbonyl (C=O) groups is 1. The van der Waals surface area contributed by atoms with Gasteiger partial charge in [-0.05, 0) is 34.5 Å². The zero-order chi connectivity index (χ0) is 12.1. The maximum Gasteiger partial charge on any atom is 0.354 e. The van der Waals surface area contributed by atoms with Gasteiger partial charge in [0.25, 0.3) is 0 Å². The maximum absolute atomic E-state index is 10.6. The van der Waals surface area contributed by atoms with Gasteiger partial charge < -0.3 is 9.84 Å². The quantitative estimate of drug-likeness (QED) is 0.884. The third-order valence-electron chi connectivity index (χ3n) is 2.20. The van der Waals surface area contributed by atoms with Crippen molar-refractivity contribution in [2.75, 3.05) is 6.61 Å². The molecule has 2 aromatic heterocycles. The maximum atomic E-state index is 10.6. The molecule has 5 heteroatoms. The molecule has 0 aromatic carbocycles. The van der Waals surface area contributed by atoms with Crippen LogP contribution in [0, 0.1) is 0 Å². The molecule has 0 aliphatic carbocycles. The zero-order valence-corrected chi connectivity index (χ0v) is 9.81. The molecule has 0 spiro atoms. The van der Waals surface area contributed by atoms with Crippen LogP contribution in [0.1, 0.15) is 16.1 Å². The average Bonchev–Trinajstić information content (AvgIpc) is 2.83. The lowest BCUT2D eigenvalue weighted by molar-refractivity contribution is 0.0690. The molecule has 4 nitrogen and oxygen atoms in total. The summed E-state index contributed by atoms with van der Waals surface area (Å²) < 4.78 is 5.46. The topological polar surface area (TPSA) is 59.4 Å². The van der Waals surface area contributed by atoms with Crippen LogP contribution in [-0.2, 0) is 6.42 Å². The highest BCUT2D eigenvalue weighted by molar-refractivity contribution is 7.07. The second-order valence-electron chi connectivity index (χ2n) is 3.41. The number of aromatic carboxylic acids is 1. The Balaban J connectivity index is 1.85. The van der Waals surface area contributed by atoms with Crippen molar-refractivity contribution in [1.82, 2.24) is 4.98 Å². The molecule has 88 valence electrons. The Hall–Kier alpha value is -1.88. The van der Waals surface area contributed by atoms with Gasteiger partial charge >= 0.3 is 5.97 Å². The van der Waals surface area contributed by atoms with Crippen LogP contribution in [0.3, 0.4) is 0 Å². The Bertz CT molecular complexity index is 479. The summed E-state index contributed by atoms with van der Waals surface area (Å²) in [5.74, 6) is -0.444. The number of hydrogen-bond donors (Lipinski definition) is 1. The van der Waals surface area contributed by atoms with E-state index in [0.717, 1.165) is 6.42 Å². The van der Waals surface area contributed by atoms with Crippen molar-refractivity contribution >= 4 is 17.3 Å². The smallest absolute Gasteiger partial charge is 0.354 e. The van der Waals surface area contributed by atoms with E-state index in [-0.39, 0.29) is 5.69 Å². The van der Waals surface area contributed by atoms with Crippen LogP contribution in [-0.4, -0.2) is 22.7 Å². The van der Waals surface area contributed by atoms with Crippen molar-refractivity contribution in [3.8, 4) is 5.75 Å². The van der Waals surface area contributed by atoms with Crippen LogP contribution in [0.4, 0.5) is 0 Å². The number of aromatic nitrogens is 1. The number of hydrogen-bond acceptors (Lipinski definition) is 4. The molecule has 0 aliphatic rings. The van der Waals surface area contributed by atoms with Crippen molar-refractivity contribution in [2.24, 2.45) is 0 Å². The summed E-state index contributed by atoms with van der Waals surface area (Å²) in [5, 5.41) is 12.8. The van der Waals surface area contributed by atoms with E-state index in [4.69, 9.17) is 9.84 Å². The Kier molecular flexibility index (Phi) is 3.72. The number of pyridine rings is 1. The Labute approximate surface area is 103 Å². The second kappa shape index (κ2) is 5.45. The number of rotatable bonds is 5. The lowest BCUT2D eigenvalue weighted by Gasteiger charge is -2.04. The fourth-order valence-corrected chi connectivity index (χ4v) is 2.02. The van der Waals surface area contributed by atoms with Gasteiger partial charge in [0.15, 0.2) is 0 Å². The summed E-state index contributed by atoms with van der Waals surface area (Å²) in [5.41, 5.74) is 1.26. The molecule has 0 aliphatic heterocycles. The first-order chi connectivity index (χ1) is 8.25. The minimum Gasteiger partial charge on any atom is -0.492 e. The van der Waals surface area contributed by atoms with E-state index in [0.29, 0.717) is 12.4 Å². The predicted molar refractivity (Wildman–Crippen MR) is 64.7 cm³/mol. The standard InChI is InChI=1S/C12H11NO3S/c14-12(15)11-2-1-10(7-13-11)16-5-3-9-4-6-17-8-9/h1-2,4,6-8H,3,5H2,(H,14,15). The largest absolute Gasteiger partial charge is 0.492 e. The van der Waals surface area contributed by atoms with Crippen molar-refractivity contribution in [3.63, 3.8) is 0 Å². The van der Waals surface area contributed by atoms with Crippen LogP contribution >= 0.6 is 11.3 Å². The predicted octanol–water partition coefficient (Wildman–Crippen LogP) is 2.46. The van der Waals surface area contributed by atoms with E-state index in [1.54, 1.807) is 17.4 Å². The van der Waals surface area contributed by atoms with Crippen molar-refractivity contribution in [1.29, 1.82) is 0 Å². The van der Waals surface area contributed by atoms with Gasteiger partial charge in [-0.2, -0.15) is 11.3 Å². The average molecular weight is 249 g/mol. The molecule has 0 unspecified atom stereocenters. The molecule has 2 rings (SSSR count). The van der Waals surface area contributed by atoms with E-state index in [1.807, 2.05) is 5.38 Å². The summed E-state index contributed by atoms with van der Waals surface area (Å²) in [6.07, 6.45) is 2.27. The first kappa shape index (κ1) is 11.6. The van der Waals surface area contributed by atoms with Crippen LogP contribution in [0.15, 0.2) is 35.2 Å². The molecule has 0 saturated carbocycles. The monoisotopic (exact) mass is 249 g/mol. The molecular formula is C12H11NO3S. The summed E-state index contributed by atoms with van der Waals surface area (Å²) in [7, 11) is 0. The van der Waals surface area contributed by atoms with Crippen molar-refractivity contribution < 1.29 is 14.6 Å². The van der Waals surface area contributed by atoms with Gasteiger partial charge in [0, 0.05) is 6.42 Å². The zero-order valence-electron chi connectivity index (χ0n) is 9.00. The highest BCUT2D eigenvalue weighted by atomic mass is 32.1. The van der Waals surface area contributed by atoms with Crippen LogP contribution < -0.4 is 4.74 Å². The molecule has 2 heterocycles. The van der Waals surface area contributed by atoms with Gasteiger partial charge in [0.1, 0.15) is 11.4 Å². The second-order valence-corrected chi connectivity index (χ2v) is 4.19. The lowest BCUT2D eigenvalue weighted by Crippen LogP contribution is -2.03. The number of carboxylic acid groups (broad SMARTS) is 1. The fourth-order valence-electron chi connectivity index (χ4n) is 1.31. The number of nitrogens with zero attached hydrogens (tertiary/aromatic N) is 1. The molecule has 2 aromatic rings. The molecule has 17 heavy (non-hydrogen) atoms. The summed E-state index contributed by atoms with van der Waals surface area (Å²) >= 11 is 1.66. The third-order valence-corrected chi connectivity index (χ3v) is 2.93. The van der Waals surface area contributed by atoms with Crippen molar-refractivity contribution in [2.45, 2.75) is 6.42 Å². The van der Waals surface area contributed by atoms with Crippen LogP contribution in [0.2, 0.25) is 0 Å². The number of carboxylic acids is 1. The third kappa shape index (κ3) is 3.29. The Morgan fingerprint density at radius 3 is 2.88 bits per heavy atom. The summed E-state index contributed by atoms with van der Waals surface area (Å²) in [6.45, 7) is 0.560. The summed E-state index contributed by atoms with van der Waals surface area (Å²) in [4.78, 5) is 14.4. The molecule has 0 atom stereocenters. The summed E-state index contributed by atoms with van der Waals surface area (Å²) in [6, 6.07) is 5.10. The van der Waals surface area contributed by atoms with Gasteiger partial charge in [-0.1, -0.05) is 0 Å². The van der Waals surface area contributed by atoms with E-state index >= 15 is 0 Å². The highest BCUT2D eigenvalue weighted by Gasteiger charge is 2.03. The van der Waals surface area contributed by atoms with Gasteiger partial charge in [0.2, 0.25) is 0 Å². The van der Waals surface area contributed by atoms with Gasteiger partial charge in [-0.3, -0.25) is 0 Å². The molecule has 0 amide bonds. The molecular weight excluding hydrogens is 238 g/mol. The van der Waals surface area contributed by atoms with Crippen LogP contribution in [0.5, 0.6) is 5.75 Å². The number of thiophene rings is 1. The minimum absolute atomic E-state index is 0.0233. The SMILES string of the molecule is O=C(O)c1ccc(OCCc2ccsc2)cn1. The lowest BCUT2D eigenvalue weighted by atomic mass is 10.2. The Morgan fingerprint density at radius 2 is 2.29 bits per heavy atom. The highest BCUT2D eigenvalue weighted by Crippen LogP contribution is 2.11. The normalized spacial score (nSPS) is 10.1. The van der Waals surface area contributed by atoms with Gasteiger partial charge in [-0.25, -0.2) is 9.78 Å². The molecule has 0 radical (unpaired) electrons. The molecule has 1 N–H and O–H groups in total. The van der Waals surface area contributed by atoms with Gasteiger partial charge in [-0.15, -0.1) is 0 Å². The van der Waals surface area contributed by atoms with E-state index in [1.165, 1.54) is 17.8 Å².